The van der Waals surface area contributed by atoms with Crippen LogP contribution in [0, 0.1) is 12.5 Å². The quantitative estimate of drug-likeness (QED) is 0.475. The average Bonchev–Trinajstić information content (AvgIpc) is 1.97. The maximum Gasteiger partial charge on any atom is 0.302 e. The van der Waals surface area contributed by atoms with Crippen molar-refractivity contribution in [3.8, 4) is 0 Å². The Morgan fingerprint density at radius 2 is 2.17 bits per heavy atom. The summed E-state index contributed by atoms with van der Waals surface area (Å²) in [5.74, 6) is 0.159. The molecule has 0 fully saturated rings. The molecule has 0 bridgehead atoms. The smallest absolute Gasteiger partial charge is 0.302 e. The predicted octanol–water partition coefficient (Wildman–Crippen LogP) is 1.88. The van der Waals surface area contributed by atoms with Crippen molar-refractivity contribution in [2.45, 2.75) is 33.2 Å². The molecule has 3 heteroatoms. The van der Waals surface area contributed by atoms with E-state index in [1.54, 1.807) is 0 Å². The molecular formula is C9H15NO2. The van der Waals surface area contributed by atoms with Crippen molar-refractivity contribution in [3.63, 3.8) is 0 Å². The van der Waals surface area contributed by atoms with E-state index in [4.69, 9.17) is 11.3 Å². The van der Waals surface area contributed by atoms with Crippen molar-refractivity contribution in [2.24, 2.45) is 5.92 Å². The third-order valence-electron chi connectivity index (χ3n) is 1.41. The summed E-state index contributed by atoms with van der Waals surface area (Å²) in [7, 11) is 0. The fourth-order valence-electron chi connectivity index (χ4n) is 0.916. The molecule has 0 aliphatic rings. The Morgan fingerprint density at radius 3 is 2.50 bits per heavy atom. The van der Waals surface area contributed by atoms with Gasteiger partial charge < -0.3 is 9.58 Å². The maximum absolute atomic E-state index is 10.4. The predicted molar refractivity (Wildman–Crippen MR) is 46.5 cm³/mol. The van der Waals surface area contributed by atoms with Gasteiger partial charge in [0.25, 0.3) is 6.04 Å². The summed E-state index contributed by atoms with van der Waals surface area (Å²) in [5, 5.41) is 0. The van der Waals surface area contributed by atoms with Gasteiger partial charge in [-0.2, -0.15) is 0 Å². The summed E-state index contributed by atoms with van der Waals surface area (Å²) >= 11 is 0. The van der Waals surface area contributed by atoms with Gasteiger partial charge >= 0.3 is 5.97 Å². The van der Waals surface area contributed by atoms with Gasteiger partial charge in [0.05, 0.1) is 0 Å². The molecule has 0 aromatic carbocycles. The first-order chi connectivity index (χ1) is 5.56. The lowest BCUT2D eigenvalue weighted by Crippen LogP contribution is -2.16. The van der Waals surface area contributed by atoms with E-state index in [9.17, 15) is 4.79 Å². The van der Waals surface area contributed by atoms with E-state index in [-0.39, 0.29) is 18.6 Å². The second-order valence-electron chi connectivity index (χ2n) is 3.22. The maximum atomic E-state index is 10.4. The summed E-state index contributed by atoms with van der Waals surface area (Å²) < 4.78 is 4.74. The zero-order chi connectivity index (χ0) is 9.56. The lowest BCUT2D eigenvalue weighted by Gasteiger charge is -2.07. The summed E-state index contributed by atoms with van der Waals surface area (Å²) in [5.41, 5.74) is 0. The van der Waals surface area contributed by atoms with Crippen molar-refractivity contribution in [1.82, 2.24) is 0 Å². The molecule has 0 saturated heterocycles. The van der Waals surface area contributed by atoms with Crippen LogP contribution in [0.5, 0.6) is 0 Å². The average molecular weight is 169 g/mol. The Bertz CT molecular complexity index is 181. The van der Waals surface area contributed by atoms with E-state index in [0.29, 0.717) is 5.92 Å². The number of rotatable bonds is 4. The standard InChI is InChI=1S/C9H15NO2/c1-7(2)5-9(10-4)6-12-8(3)11/h7,9H,5-6H2,1-3H3/t9-/m0/s1. The van der Waals surface area contributed by atoms with Crippen LogP contribution in [0.4, 0.5) is 0 Å². The molecule has 0 aromatic rings. The highest BCUT2D eigenvalue weighted by atomic mass is 16.5. The van der Waals surface area contributed by atoms with Gasteiger partial charge in [-0.1, -0.05) is 13.8 Å². The van der Waals surface area contributed by atoms with Gasteiger partial charge in [0, 0.05) is 13.3 Å². The fraction of sp³-hybridized carbons (Fsp3) is 0.778. The van der Waals surface area contributed by atoms with Crippen LogP contribution in [-0.2, 0) is 9.53 Å². The van der Waals surface area contributed by atoms with Gasteiger partial charge in [-0.25, -0.2) is 6.57 Å². The lowest BCUT2D eigenvalue weighted by molar-refractivity contribution is -0.141. The Hall–Kier alpha value is -1.04. The van der Waals surface area contributed by atoms with Crippen molar-refractivity contribution in [3.05, 3.63) is 11.4 Å². The molecule has 0 N–H and O–H groups in total. The van der Waals surface area contributed by atoms with E-state index in [2.05, 4.69) is 4.85 Å². The molecule has 0 rings (SSSR count). The molecule has 3 nitrogen and oxygen atoms in total. The van der Waals surface area contributed by atoms with Crippen LogP contribution in [0.25, 0.3) is 4.85 Å². The molecule has 0 aliphatic carbocycles. The summed E-state index contributed by atoms with van der Waals surface area (Å²) in [6, 6.07) is -0.172. The SMILES string of the molecule is [C-]#[N+][C@H](COC(C)=O)CC(C)C. The summed E-state index contributed by atoms with van der Waals surface area (Å²) in [6.45, 7) is 12.5. The first kappa shape index (κ1) is 11.0. The number of carbonyl (C=O) groups excluding carboxylic acids is 1. The van der Waals surface area contributed by atoms with Gasteiger partial charge in [0.15, 0.2) is 6.61 Å². The van der Waals surface area contributed by atoms with Crippen LogP contribution in [-0.4, -0.2) is 18.6 Å². The zero-order valence-corrected chi connectivity index (χ0v) is 7.83. The highest BCUT2D eigenvalue weighted by Gasteiger charge is 2.15. The third-order valence-corrected chi connectivity index (χ3v) is 1.41. The van der Waals surface area contributed by atoms with Gasteiger partial charge in [0.1, 0.15) is 0 Å². The molecule has 0 aliphatic heterocycles. The molecule has 68 valence electrons. The van der Waals surface area contributed by atoms with Crippen LogP contribution in [0.1, 0.15) is 27.2 Å². The van der Waals surface area contributed by atoms with E-state index in [1.165, 1.54) is 6.92 Å². The van der Waals surface area contributed by atoms with Crippen LogP contribution in [0.2, 0.25) is 0 Å². The third kappa shape index (κ3) is 5.72. The molecule has 1 atom stereocenters. The molecule has 0 radical (unpaired) electrons. The largest absolute Gasteiger partial charge is 0.458 e. The number of hydrogen-bond donors (Lipinski definition) is 0. The molecule has 0 amide bonds. The van der Waals surface area contributed by atoms with Crippen LogP contribution in [0.15, 0.2) is 0 Å². The Kier molecular flexibility index (Phi) is 5.11. The van der Waals surface area contributed by atoms with Crippen molar-refractivity contribution >= 4 is 5.97 Å². The van der Waals surface area contributed by atoms with E-state index in [0.717, 1.165) is 6.42 Å². The van der Waals surface area contributed by atoms with Crippen LogP contribution >= 0.6 is 0 Å². The van der Waals surface area contributed by atoms with Crippen molar-refractivity contribution in [2.75, 3.05) is 6.61 Å². The minimum atomic E-state index is -0.313. The first-order valence-electron chi connectivity index (χ1n) is 4.06. The summed E-state index contributed by atoms with van der Waals surface area (Å²) in [4.78, 5) is 13.8. The van der Waals surface area contributed by atoms with Crippen LogP contribution < -0.4 is 0 Å². The van der Waals surface area contributed by atoms with Crippen LogP contribution in [0.3, 0.4) is 0 Å². The zero-order valence-electron chi connectivity index (χ0n) is 7.83. The topological polar surface area (TPSA) is 30.7 Å². The molecule has 0 aromatic heterocycles. The van der Waals surface area contributed by atoms with Crippen molar-refractivity contribution in [1.29, 1.82) is 0 Å². The second-order valence-corrected chi connectivity index (χ2v) is 3.22. The molecule has 0 unspecified atom stereocenters. The van der Waals surface area contributed by atoms with Gasteiger partial charge in [-0.3, -0.25) is 4.79 Å². The Morgan fingerprint density at radius 1 is 1.58 bits per heavy atom. The Labute approximate surface area is 73.5 Å². The minimum absolute atomic E-state index is 0.172. The van der Waals surface area contributed by atoms with E-state index < -0.39 is 0 Å². The monoisotopic (exact) mass is 169 g/mol. The molecule has 0 heterocycles. The molecule has 0 spiro atoms. The molecule has 12 heavy (non-hydrogen) atoms. The normalized spacial score (nSPS) is 12.2. The molecule has 0 saturated carbocycles. The van der Waals surface area contributed by atoms with E-state index >= 15 is 0 Å². The highest BCUT2D eigenvalue weighted by molar-refractivity contribution is 5.65. The molecular weight excluding hydrogens is 154 g/mol. The Balaban J connectivity index is 3.70. The lowest BCUT2D eigenvalue weighted by atomic mass is 10.1. The van der Waals surface area contributed by atoms with Gasteiger partial charge in [0.2, 0.25) is 0 Å². The minimum Gasteiger partial charge on any atom is -0.458 e. The fourth-order valence-corrected chi connectivity index (χ4v) is 0.916. The summed E-state index contributed by atoms with van der Waals surface area (Å²) in [6.07, 6.45) is 0.788. The van der Waals surface area contributed by atoms with E-state index in [1.807, 2.05) is 13.8 Å². The number of nitrogens with zero attached hydrogens (tertiary/aromatic N) is 1. The van der Waals surface area contributed by atoms with Crippen molar-refractivity contribution < 1.29 is 9.53 Å². The van der Waals surface area contributed by atoms with Gasteiger partial charge in [-0.15, -0.1) is 0 Å². The number of hydrogen-bond acceptors (Lipinski definition) is 2. The number of esters is 1. The first-order valence-corrected chi connectivity index (χ1v) is 4.06. The number of ether oxygens (including phenoxy) is 1. The highest BCUT2D eigenvalue weighted by Crippen LogP contribution is 2.08. The second kappa shape index (κ2) is 5.59. The van der Waals surface area contributed by atoms with Gasteiger partial charge in [-0.05, 0) is 5.92 Å². The number of carbonyl (C=O) groups is 1.